The van der Waals surface area contributed by atoms with Gasteiger partial charge in [0.25, 0.3) is 5.91 Å². The van der Waals surface area contributed by atoms with Crippen molar-refractivity contribution in [1.82, 2.24) is 40.1 Å². The lowest BCUT2D eigenvalue weighted by molar-refractivity contribution is -0.148. The number of hydrogen-bond acceptors (Lipinski definition) is 16. The number of oxazole rings is 6. The Balaban J connectivity index is 1.25. The highest BCUT2D eigenvalue weighted by Crippen LogP contribution is 2.28. The fraction of sp³-hybridized carbons (Fsp3) is 0.185. The first-order valence-electron chi connectivity index (χ1n) is 12.9. The summed E-state index contributed by atoms with van der Waals surface area (Å²) in [6.45, 7) is -0.0230. The molecule has 1 aliphatic heterocycles. The van der Waals surface area contributed by atoms with Crippen LogP contribution in [0.1, 0.15) is 34.1 Å². The molecule has 17 heteroatoms. The second-order valence-electron chi connectivity index (χ2n) is 9.58. The molecule has 0 aliphatic carbocycles. The SMILES string of the molecule is CN(C)CC(=O)OC1C=Cc2coc(n2)-c2coc(n2)-c2coc(n2)CNC(=O)c2coc(n2)-c2coc(n2)-c2coc1n2. The molecule has 1 unspecified atom stereocenters. The maximum Gasteiger partial charge on any atom is 0.321 e. The maximum atomic E-state index is 12.7. The van der Waals surface area contributed by atoms with Crippen LogP contribution in [-0.2, 0) is 16.1 Å². The Morgan fingerprint density at radius 3 is 2.07 bits per heavy atom. The number of aromatic nitrogens is 6. The van der Waals surface area contributed by atoms with Crippen LogP contribution in [0.5, 0.6) is 0 Å². The van der Waals surface area contributed by atoms with Crippen molar-refractivity contribution in [2.24, 2.45) is 0 Å². The predicted molar refractivity (Wildman–Crippen MR) is 143 cm³/mol. The van der Waals surface area contributed by atoms with Crippen molar-refractivity contribution < 1.29 is 40.8 Å². The molecule has 0 saturated heterocycles. The molecule has 17 nitrogen and oxygen atoms in total. The molecule has 0 aromatic carbocycles. The van der Waals surface area contributed by atoms with Gasteiger partial charge in [-0.2, -0.15) is 0 Å². The molecule has 6 aromatic rings. The lowest BCUT2D eigenvalue weighted by Gasteiger charge is -2.13. The van der Waals surface area contributed by atoms with E-state index in [2.05, 4.69) is 35.2 Å². The number of fused-ring (bicyclic) bond motifs is 16. The molecule has 222 valence electrons. The number of nitrogens with zero attached hydrogens (tertiary/aromatic N) is 7. The molecule has 0 spiro atoms. The molecule has 12 bridgehead atoms. The second kappa shape index (κ2) is 11.0. The Labute approximate surface area is 245 Å². The zero-order valence-corrected chi connectivity index (χ0v) is 22.9. The zero-order chi connectivity index (χ0) is 30.2. The number of ether oxygens (including phenoxy) is 1. The van der Waals surface area contributed by atoms with Gasteiger partial charge >= 0.3 is 5.97 Å². The number of esters is 1. The number of carbonyl (C=O) groups excluding carboxylic acids is 2. The van der Waals surface area contributed by atoms with Crippen molar-refractivity contribution >= 4 is 18.0 Å². The molecule has 44 heavy (non-hydrogen) atoms. The van der Waals surface area contributed by atoms with Gasteiger partial charge in [-0.15, -0.1) is 0 Å². The van der Waals surface area contributed by atoms with Crippen LogP contribution in [0.4, 0.5) is 0 Å². The van der Waals surface area contributed by atoms with Crippen LogP contribution in [0.3, 0.4) is 0 Å². The lowest BCUT2D eigenvalue weighted by Crippen LogP contribution is -2.24. The minimum Gasteiger partial charge on any atom is -0.447 e. The maximum absolute atomic E-state index is 12.7. The van der Waals surface area contributed by atoms with E-state index in [-0.39, 0.29) is 65.5 Å². The van der Waals surface area contributed by atoms with Crippen LogP contribution >= 0.6 is 0 Å². The molecule has 6 aromatic heterocycles. The van der Waals surface area contributed by atoms with Gasteiger partial charge in [-0.25, -0.2) is 29.9 Å². The normalized spacial score (nSPS) is 14.8. The molecule has 1 aliphatic rings. The molecule has 1 atom stereocenters. The lowest BCUT2D eigenvalue weighted by atomic mass is 10.3. The highest BCUT2D eigenvalue weighted by atomic mass is 16.6. The van der Waals surface area contributed by atoms with E-state index in [1.54, 1.807) is 25.1 Å². The summed E-state index contributed by atoms with van der Waals surface area (Å²) in [5, 5.41) is 2.65. The van der Waals surface area contributed by atoms with E-state index in [4.69, 9.17) is 31.2 Å². The Hall–Kier alpha value is -6.10. The number of likely N-dealkylation sites (N-methyl/N-ethyl adjacent to an activating group) is 1. The van der Waals surface area contributed by atoms with Crippen molar-refractivity contribution in [3.63, 3.8) is 0 Å². The molecular formula is C27H20N8O9. The van der Waals surface area contributed by atoms with Crippen LogP contribution in [-0.4, -0.2) is 67.3 Å². The summed E-state index contributed by atoms with van der Waals surface area (Å²) in [7, 11) is 3.47. The van der Waals surface area contributed by atoms with Crippen molar-refractivity contribution in [2.75, 3.05) is 20.6 Å². The van der Waals surface area contributed by atoms with Crippen LogP contribution < -0.4 is 5.32 Å². The van der Waals surface area contributed by atoms with E-state index >= 15 is 0 Å². The topological polar surface area (TPSA) is 215 Å². The standard InChI is InChI=1S/C27H20N8O9/c1-35(2)6-21(36)44-19-4-3-13-7-39-23(29-13)16-10-41-24(32-16)15-9-38-20(30-15)5-28-22(37)14-8-40-25(31-14)17-11-42-26(33-17)18-12-43-27(19)34-18/h3-4,7-12,19H,5-6H2,1-2H3,(H,28,37). The van der Waals surface area contributed by atoms with Gasteiger partial charge in [0.15, 0.2) is 34.6 Å². The quantitative estimate of drug-likeness (QED) is 0.288. The van der Waals surface area contributed by atoms with Crippen LogP contribution in [0, 0.1) is 0 Å². The first-order valence-corrected chi connectivity index (χ1v) is 12.9. The third-order valence-corrected chi connectivity index (χ3v) is 6.01. The highest BCUT2D eigenvalue weighted by molar-refractivity contribution is 5.92. The Morgan fingerprint density at radius 1 is 0.773 bits per heavy atom. The largest absolute Gasteiger partial charge is 0.447 e. The van der Waals surface area contributed by atoms with Gasteiger partial charge in [0.05, 0.1) is 13.1 Å². The summed E-state index contributed by atoms with van der Waals surface area (Å²) in [6.07, 6.45) is 9.91. The molecule has 0 fully saturated rings. The van der Waals surface area contributed by atoms with Crippen LogP contribution in [0.25, 0.3) is 52.4 Å². The smallest absolute Gasteiger partial charge is 0.321 e. The number of nitrogens with one attached hydrogen (secondary N) is 1. The van der Waals surface area contributed by atoms with E-state index in [1.165, 1.54) is 43.7 Å². The number of hydrogen-bond donors (Lipinski definition) is 1. The second-order valence-corrected chi connectivity index (χ2v) is 9.58. The summed E-state index contributed by atoms with van der Waals surface area (Å²) in [4.78, 5) is 52.9. The monoisotopic (exact) mass is 600 g/mol. The Morgan fingerprint density at radius 2 is 1.34 bits per heavy atom. The van der Waals surface area contributed by atoms with Crippen molar-refractivity contribution in [3.05, 3.63) is 66.8 Å². The van der Waals surface area contributed by atoms with Crippen molar-refractivity contribution in [3.8, 4) is 46.3 Å². The van der Waals surface area contributed by atoms with Crippen LogP contribution in [0.2, 0.25) is 0 Å². The van der Waals surface area contributed by atoms with E-state index in [1.807, 2.05) is 0 Å². The Bertz CT molecular complexity index is 1990. The first kappa shape index (κ1) is 26.8. The molecule has 7 heterocycles. The summed E-state index contributed by atoms with van der Waals surface area (Å²) in [6, 6.07) is 0. The summed E-state index contributed by atoms with van der Waals surface area (Å²) < 4.78 is 38.8. The van der Waals surface area contributed by atoms with Gasteiger partial charge in [-0.05, 0) is 26.2 Å². The van der Waals surface area contributed by atoms with Crippen molar-refractivity contribution in [2.45, 2.75) is 12.6 Å². The summed E-state index contributed by atoms with van der Waals surface area (Å²) in [5.74, 6) is -0.404. The summed E-state index contributed by atoms with van der Waals surface area (Å²) in [5.41, 5.74) is 1.39. The van der Waals surface area contributed by atoms with Gasteiger partial charge in [0.2, 0.25) is 35.3 Å². The molecule has 0 radical (unpaired) electrons. The minimum absolute atomic E-state index is 0.00802. The zero-order valence-electron chi connectivity index (χ0n) is 22.9. The summed E-state index contributed by atoms with van der Waals surface area (Å²) >= 11 is 0. The minimum atomic E-state index is -1.04. The number of amides is 1. The fourth-order valence-electron chi connectivity index (χ4n) is 4.00. The highest BCUT2D eigenvalue weighted by Gasteiger charge is 2.24. The Kier molecular flexibility index (Phi) is 6.66. The van der Waals surface area contributed by atoms with Gasteiger partial charge < -0.3 is 36.6 Å². The predicted octanol–water partition coefficient (Wildman–Crippen LogP) is 3.39. The van der Waals surface area contributed by atoms with Gasteiger partial charge in [-0.1, -0.05) is 0 Å². The molecule has 1 N–H and O–H groups in total. The number of rotatable bonds is 3. The van der Waals surface area contributed by atoms with E-state index in [0.717, 1.165) is 0 Å². The van der Waals surface area contributed by atoms with Crippen molar-refractivity contribution in [1.29, 1.82) is 0 Å². The van der Waals surface area contributed by atoms with Gasteiger partial charge in [-0.3, -0.25) is 14.5 Å². The average molecular weight is 601 g/mol. The van der Waals surface area contributed by atoms with E-state index < -0.39 is 18.0 Å². The third kappa shape index (κ3) is 5.41. The van der Waals surface area contributed by atoms with Gasteiger partial charge in [0, 0.05) is 0 Å². The first-order chi connectivity index (χ1) is 21.4. The van der Waals surface area contributed by atoms with E-state index in [9.17, 15) is 9.59 Å². The fourth-order valence-corrected chi connectivity index (χ4v) is 4.00. The van der Waals surface area contributed by atoms with E-state index in [0.29, 0.717) is 17.1 Å². The molecule has 1 amide bonds. The molecule has 7 rings (SSSR count). The molecule has 0 saturated carbocycles. The average Bonchev–Trinajstić information content (AvgIpc) is 3.83. The number of carbonyl (C=O) groups is 2. The van der Waals surface area contributed by atoms with Crippen LogP contribution in [0.15, 0.2) is 70.2 Å². The van der Waals surface area contributed by atoms with Gasteiger partial charge in [0.1, 0.15) is 43.3 Å². The third-order valence-electron chi connectivity index (χ3n) is 6.01. The molecular weight excluding hydrogens is 580 g/mol.